The van der Waals surface area contributed by atoms with E-state index in [1.54, 1.807) is 0 Å². The van der Waals surface area contributed by atoms with Crippen LogP contribution in [0.5, 0.6) is 0 Å². The summed E-state index contributed by atoms with van der Waals surface area (Å²) in [4.78, 5) is 23.7. The average molecular weight is 190 g/mol. The normalized spacial score (nSPS) is 57.4. The van der Waals surface area contributed by atoms with Gasteiger partial charge >= 0.3 is 0 Å². The maximum absolute atomic E-state index is 11.9. The van der Waals surface area contributed by atoms with Crippen molar-refractivity contribution < 1.29 is 14.3 Å². The monoisotopic (exact) mass is 190 g/mol. The van der Waals surface area contributed by atoms with E-state index >= 15 is 0 Å². The standard InChI is InChI=1S/C11H10O3/c12-8-6-4-1-2-5(3-4)7(6)9(13)11-10(8)14-11/h1-2,4-7,10-11H,3H2/t4?,5?,6-,7+,10?,11?. The number of fused-ring (bicyclic) bond motifs is 6. The van der Waals surface area contributed by atoms with Crippen molar-refractivity contribution in [3.8, 4) is 0 Å². The minimum atomic E-state index is -0.364. The number of rotatable bonds is 0. The summed E-state index contributed by atoms with van der Waals surface area (Å²) in [5.74, 6) is 0.952. The first-order valence-corrected chi connectivity index (χ1v) is 5.18. The molecule has 2 saturated carbocycles. The molecule has 14 heavy (non-hydrogen) atoms. The van der Waals surface area contributed by atoms with Crippen molar-refractivity contribution in [2.75, 3.05) is 0 Å². The molecule has 3 aliphatic carbocycles. The molecule has 0 spiro atoms. The molecule has 4 unspecified atom stereocenters. The first-order chi connectivity index (χ1) is 6.77. The summed E-state index contributed by atoms with van der Waals surface area (Å²) in [5, 5.41) is 0. The first kappa shape index (κ1) is 7.35. The molecule has 0 N–H and O–H groups in total. The number of hydrogen-bond donors (Lipinski definition) is 0. The largest absolute Gasteiger partial charge is 0.353 e. The third-order valence-corrected chi connectivity index (χ3v) is 4.17. The number of ether oxygens (including phenoxy) is 1. The van der Waals surface area contributed by atoms with E-state index in [0.717, 1.165) is 6.42 Å². The van der Waals surface area contributed by atoms with Gasteiger partial charge in [0, 0.05) is 11.8 Å². The molecule has 3 nitrogen and oxygen atoms in total. The second-order valence-corrected chi connectivity index (χ2v) is 4.78. The van der Waals surface area contributed by atoms with E-state index in [1.807, 2.05) is 0 Å². The lowest BCUT2D eigenvalue weighted by Gasteiger charge is -2.27. The summed E-state index contributed by atoms with van der Waals surface area (Å²) in [6, 6.07) is 0. The van der Waals surface area contributed by atoms with E-state index in [0.29, 0.717) is 11.8 Å². The van der Waals surface area contributed by atoms with Crippen molar-refractivity contribution in [2.45, 2.75) is 18.6 Å². The van der Waals surface area contributed by atoms with Crippen molar-refractivity contribution in [2.24, 2.45) is 23.7 Å². The van der Waals surface area contributed by atoms with Gasteiger partial charge in [0.1, 0.15) is 0 Å². The second-order valence-electron chi connectivity index (χ2n) is 4.78. The summed E-state index contributed by atoms with van der Waals surface area (Å²) < 4.78 is 5.14. The highest BCUT2D eigenvalue weighted by Crippen LogP contribution is 2.54. The quantitative estimate of drug-likeness (QED) is 0.409. The lowest BCUT2D eigenvalue weighted by atomic mass is 9.72. The molecule has 4 rings (SSSR count). The van der Waals surface area contributed by atoms with Gasteiger partial charge < -0.3 is 4.74 Å². The van der Waals surface area contributed by atoms with E-state index in [2.05, 4.69) is 12.2 Å². The Bertz CT molecular complexity index is 350. The Morgan fingerprint density at radius 1 is 1.00 bits per heavy atom. The van der Waals surface area contributed by atoms with Gasteiger partial charge in [0.25, 0.3) is 0 Å². The Kier molecular flexibility index (Phi) is 1.05. The van der Waals surface area contributed by atoms with Crippen LogP contribution in [0.25, 0.3) is 0 Å². The van der Waals surface area contributed by atoms with Gasteiger partial charge in [-0.15, -0.1) is 0 Å². The number of carbonyl (C=O) groups excluding carboxylic acids is 2. The number of carbonyl (C=O) groups is 2. The van der Waals surface area contributed by atoms with Gasteiger partial charge in [-0.1, -0.05) is 12.2 Å². The highest BCUT2D eigenvalue weighted by atomic mass is 16.6. The Morgan fingerprint density at radius 2 is 1.50 bits per heavy atom. The molecule has 3 heteroatoms. The van der Waals surface area contributed by atoms with Crippen LogP contribution in [0.3, 0.4) is 0 Å². The predicted octanol–water partition coefficient (Wildman–Crippen LogP) is 0.344. The minimum Gasteiger partial charge on any atom is -0.353 e. The summed E-state index contributed by atoms with van der Waals surface area (Å²) >= 11 is 0. The van der Waals surface area contributed by atoms with Gasteiger partial charge in [0.2, 0.25) is 0 Å². The SMILES string of the molecule is O=C1C2OC2C(=O)[C@H]2C3C=CC(C3)[C@@H]12. The summed E-state index contributed by atoms with van der Waals surface area (Å²) in [7, 11) is 0. The molecular formula is C11H10O3. The minimum absolute atomic E-state index is 0.0405. The molecule has 1 aliphatic heterocycles. The number of epoxide rings is 1. The van der Waals surface area contributed by atoms with Crippen molar-refractivity contribution in [3.63, 3.8) is 0 Å². The van der Waals surface area contributed by atoms with E-state index in [9.17, 15) is 9.59 Å². The van der Waals surface area contributed by atoms with Gasteiger partial charge in [-0.3, -0.25) is 9.59 Å². The van der Waals surface area contributed by atoms with Gasteiger partial charge in [-0.25, -0.2) is 0 Å². The highest BCUT2D eigenvalue weighted by Gasteiger charge is 2.66. The van der Waals surface area contributed by atoms with Crippen LogP contribution in [0, 0.1) is 23.7 Å². The molecule has 2 bridgehead atoms. The molecular weight excluding hydrogens is 180 g/mol. The molecule has 1 saturated heterocycles. The third-order valence-electron chi connectivity index (χ3n) is 4.17. The second kappa shape index (κ2) is 2.01. The number of ketones is 2. The fourth-order valence-corrected chi connectivity index (χ4v) is 3.52. The fourth-order valence-electron chi connectivity index (χ4n) is 3.52. The lowest BCUT2D eigenvalue weighted by Crippen LogP contribution is -2.43. The van der Waals surface area contributed by atoms with Crippen molar-refractivity contribution in [1.82, 2.24) is 0 Å². The fraction of sp³-hybridized carbons (Fsp3) is 0.636. The Labute approximate surface area is 81.1 Å². The topological polar surface area (TPSA) is 46.7 Å². The van der Waals surface area contributed by atoms with Crippen LogP contribution in [0.1, 0.15) is 6.42 Å². The molecule has 3 fully saturated rings. The zero-order valence-electron chi connectivity index (χ0n) is 7.55. The Balaban J connectivity index is 1.84. The van der Waals surface area contributed by atoms with Crippen LogP contribution < -0.4 is 0 Å². The van der Waals surface area contributed by atoms with E-state index in [4.69, 9.17) is 4.74 Å². The zero-order valence-corrected chi connectivity index (χ0v) is 7.55. The molecule has 72 valence electrons. The van der Waals surface area contributed by atoms with Gasteiger partial charge in [-0.05, 0) is 18.3 Å². The summed E-state index contributed by atoms with van der Waals surface area (Å²) in [6.45, 7) is 0. The number of allylic oxidation sites excluding steroid dienone is 2. The first-order valence-electron chi connectivity index (χ1n) is 5.18. The Morgan fingerprint density at radius 3 is 2.00 bits per heavy atom. The molecule has 6 atom stereocenters. The maximum atomic E-state index is 11.9. The lowest BCUT2D eigenvalue weighted by molar-refractivity contribution is -0.135. The maximum Gasteiger partial charge on any atom is 0.169 e. The molecule has 0 aromatic carbocycles. The average Bonchev–Trinajstić information content (AvgIpc) is 2.74. The van der Waals surface area contributed by atoms with Gasteiger partial charge in [0.05, 0.1) is 0 Å². The summed E-state index contributed by atoms with van der Waals surface area (Å²) in [5.41, 5.74) is 0. The Hall–Kier alpha value is -0.960. The van der Waals surface area contributed by atoms with Crippen molar-refractivity contribution in [3.05, 3.63) is 12.2 Å². The molecule has 1 heterocycles. The molecule has 0 radical (unpaired) electrons. The van der Waals surface area contributed by atoms with Crippen LogP contribution in [0.2, 0.25) is 0 Å². The van der Waals surface area contributed by atoms with Crippen LogP contribution in [0.4, 0.5) is 0 Å². The van der Waals surface area contributed by atoms with Crippen LogP contribution >= 0.6 is 0 Å². The van der Waals surface area contributed by atoms with Crippen LogP contribution in [-0.2, 0) is 14.3 Å². The number of Topliss-reactive ketones (excluding diaryl/α,β-unsaturated/α-hetero) is 2. The van der Waals surface area contributed by atoms with Crippen LogP contribution in [-0.4, -0.2) is 23.8 Å². The summed E-state index contributed by atoms with van der Waals surface area (Å²) in [6.07, 6.45) is 4.50. The predicted molar refractivity (Wildman–Crippen MR) is 46.4 cm³/mol. The molecule has 0 amide bonds. The van der Waals surface area contributed by atoms with Crippen LogP contribution in [0.15, 0.2) is 12.2 Å². The molecule has 4 aliphatic rings. The van der Waals surface area contributed by atoms with E-state index in [1.165, 1.54) is 0 Å². The van der Waals surface area contributed by atoms with Gasteiger partial charge in [0.15, 0.2) is 23.8 Å². The van der Waals surface area contributed by atoms with Crippen molar-refractivity contribution in [1.29, 1.82) is 0 Å². The third kappa shape index (κ3) is 0.630. The highest BCUT2D eigenvalue weighted by molar-refractivity contribution is 6.06. The van der Waals surface area contributed by atoms with Crippen molar-refractivity contribution >= 4 is 11.6 Å². The molecule has 0 aromatic rings. The molecule has 0 aromatic heterocycles. The smallest absolute Gasteiger partial charge is 0.169 e. The van der Waals surface area contributed by atoms with Gasteiger partial charge in [-0.2, -0.15) is 0 Å². The number of hydrogen-bond acceptors (Lipinski definition) is 3. The zero-order chi connectivity index (χ0) is 9.45. The van der Waals surface area contributed by atoms with E-state index < -0.39 is 0 Å². The van der Waals surface area contributed by atoms with E-state index in [-0.39, 0.29) is 35.6 Å².